The molecule has 27 heavy (non-hydrogen) atoms. The van der Waals surface area contributed by atoms with Gasteiger partial charge in [-0.3, -0.25) is 4.98 Å². The zero-order valence-corrected chi connectivity index (χ0v) is 15.8. The van der Waals surface area contributed by atoms with Crippen LogP contribution in [0.4, 0.5) is 17.1 Å². The van der Waals surface area contributed by atoms with E-state index in [1.165, 1.54) is 0 Å². The predicted molar refractivity (Wildman–Crippen MR) is 110 cm³/mol. The number of anilines is 3. The summed E-state index contributed by atoms with van der Waals surface area (Å²) in [4.78, 5) is 9.12. The Bertz CT molecular complexity index is 1130. The minimum absolute atomic E-state index is 0.664. The first kappa shape index (κ1) is 16.5. The third-order valence-corrected chi connectivity index (χ3v) is 5.36. The van der Waals surface area contributed by atoms with E-state index in [0.29, 0.717) is 16.7 Å². The lowest BCUT2D eigenvalue weighted by Gasteiger charge is -2.22. The second kappa shape index (κ2) is 6.48. The van der Waals surface area contributed by atoms with Gasteiger partial charge in [0.2, 0.25) is 0 Å². The molecule has 0 saturated heterocycles. The Morgan fingerprint density at radius 3 is 2.74 bits per heavy atom. The van der Waals surface area contributed by atoms with Crippen molar-refractivity contribution in [2.24, 2.45) is 0 Å². The molecule has 2 aromatic carbocycles. The molecule has 6 heteroatoms. The van der Waals surface area contributed by atoms with Crippen molar-refractivity contribution in [3.63, 3.8) is 0 Å². The summed E-state index contributed by atoms with van der Waals surface area (Å²) in [6.07, 6.45) is 5.38. The van der Waals surface area contributed by atoms with Crippen LogP contribution in [-0.4, -0.2) is 11.7 Å². The van der Waals surface area contributed by atoms with Crippen LogP contribution in [0, 0.1) is 0 Å². The summed E-state index contributed by atoms with van der Waals surface area (Å²) in [6, 6.07) is 15.6. The molecule has 0 spiro atoms. The minimum Gasteiger partial charge on any atom is -0.472 e. The molecule has 0 saturated carbocycles. The Morgan fingerprint density at radius 2 is 1.93 bits per heavy atom. The van der Waals surface area contributed by atoms with Crippen LogP contribution >= 0.6 is 23.2 Å². The third kappa shape index (κ3) is 2.82. The first-order chi connectivity index (χ1) is 13.2. The molecule has 0 atom stereocenters. The summed E-state index contributed by atoms with van der Waals surface area (Å²) in [5, 5.41) is 2.40. The number of benzene rings is 2. The maximum absolute atomic E-state index is 6.53. The van der Waals surface area contributed by atoms with Gasteiger partial charge in [0.25, 0.3) is 0 Å². The van der Waals surface area contributed by atoms with Gasteiger partial charge < -0.3 is 14.2 Å². The first-order valence-corrected chi connectivity index (χ1v) is 9.32. The van der Waals surface area contributed by atoms with Crippen LogP contribution in [0.25, 0.3) is 10.9 Å². The number of halogens is 2. The van der Waals surface area contributed by atoms with E-state index in [1.54, 1.807) is 12.5 Å². The van der Waals surface area contributed by atoms with Crippen LogP contribution in [0.5, 0.6) is 0 Å². The fraction of sp³-hybridized carbons (Fsp3) is 0.0952. The van der Waals surface area contributed by atoms with E-state index in [2.05, 4.69) is 14.8 Å². The molecule has 0 N–H and O–H groups in total. The van der Waals surface area contributed by atoms with Crippen LogP contribution in [0.15, 0.2) is 71.7 Å². The Morgan fingerprint density at radius 1 is 1.04 bits per heavy atom. The summed E-state index contributed by atoms with van der Waals surface area (Å²) >= 11 is 12.8. The van der Waals surface area contributed by atoms with Crippen LogP contribution in [0.2, 0.25) is 10.0 Å². The average molecular weight is 396 g/mol. The smallest absolute Gasteiger partial charge is 0.0957 e. The van der Waals surface area contributed by atoms with Crippen LogP contribution in [-0.2, 0) is 6.54 Å². The van der Waals surface area contributed by atoms with Gasteiger partial charge in [-0.25, -0.2) is 0 Å². The highest BCUT2D eigenvalue weighted by molar-refractivity contribution is 6.34. The molecular formula is C21H15Cl2N3O. The topological polar surface area (TPSA) is 32.5 Å². The van der Waals surface area contributed by atoms with E-state index in [9.17, 15) is 0 Å². The minimum atomic E-state index is 0.664. The predicted octanol–water partition coefficient (Wildman–Crippen LogP) is 6.25. The van der Waals surface area contributed by atoms with Gasteiger partial charge in [-0.05, 0) is 36.4 Å². The Hall–Kier alpha value is -2.69. The van der Waals surface area contributed by atoms with Crippen LogP contribution in [0.3, 0.4) is 0 Å². The van der Waals surface area contributed by atoms with Crippen molar-refractivity contribution in [1.29, 1.82) is 0 Å². The lowest BCUT2D eigenvalue weighted by Crippen LogP contribution is -2.27. The number of fused-ring (bicyclic) bond motifs is 3. The van der Waals surface area contributed by atoms with E-state index >= 15 is 0 Å². The summed E-state index contributed by atoms with van der Waals surface area (Å²) in [5.41, 5.74) is 5.08. The van der Waals surface area contributed by atoms with E-state index in [1.807, 2.05) is 54.7 Å². The number of pyridine rings is 1. The molecule has 134 valence electrons. The SMILES string of the molecule is Clc1ccc2ncc3c(c2c1)N(c1ccccc1Cl)CN3Cc1ccoc1. The molecule has 0 amide bonds. The number of furan rings is 1. The van der Waals surface area contributed by atoms with E-state index in [0.717, 1.165) is 40.1 Å². The molecule has 0 bridgehead atoms. The summed E-state index contributed by atoms with van der Waals surface area (Å²) in [7, 11) is 0. The van der Waals surface area contributed by atoms with Gasteiger partial charge in [-0.2, -0.15) is 0 Å². The van der Waals surface area contributed by atoms with E-state index in [-0.39, 0.29) is 0 Å². The molecule has 2 aromatic heterocycles. The lowest BCUT2D eigenvalue weighted by atomic mass is 10.1. The Kier molecular flexibility index (Phi) is 3.96. The number of aromatic nitrogens is 1. The molecule has 1 aliphatic heterocycles. The van der Waals surface area contributed by atoms with Gasteiger partial charge in [-0.15, -0.1) is 0 Å². The molecule has 4 nitrogen and oxygen atoms in total. The maximum Gasteiger partial charge on any atom is 0.0957 e. The highest BCUT2D eigenvalue weighted by Crippen LogP contribution is 2.47. The number of hydrogen-bond acceptors (Lipinski definition) is 4. The van der Waals surface area contributed by atoms with Crippen molar-refractivity contribution < 1.29 is 4.42 Å². The van der Waals surface area contributed by atoms with Crippen molar-refractivity contribution in [2.75, 3.05) is 16.5 Å². The summed E-state index contributed by atoms with van der Waals surface area (Å²) in [6.45, 7) is 1.38. The zero-order valence-electron chi connectivity index (χ0n) is 14.3. The first-order valence-electron chi connectivity index (χ1n) is 8.57. The number of nitrogens with zero attached hydrogens (tertiary/aromatic N) is 3. The quantitative estimate of drug-likeness (QED) is 0.410. The van der Waals surface area contributed by atoms with Crippen molar-refractivity contribution in [3.05, 3.63) is 82.9 Å². The molecule has 0 radical (unpaired) electrons. The second-order valence-electron chi connectivity index (χ2n) is 6.50. The zero-order chi connectivity index (χ0) is 18.4. The van der Waals surface area contributed by atoms with Crippen molar-refractivity contribution in [1.82, 2.24) is 4.98 Å². The van der Waals surface area contributed by atoms with Gasteiger partial charge in [0.15, 0.2) is 0 Å². The molecule has 5 rings (SSSR count). The fourth-order valence-corrected chi connectivity index (χ4v) is 3.99. The molecule has 0 fully saturated rings. The third-order valence-electron chi connectivity index (χ3n) is 4.80. The molecule has 0 aliphatic carbocycles. The Balaban J connectivity index is 1.71. The van der Waals surface area contributed by atoms with E-state index < -0.39 is 0 Å². The molecule has 1 aliphatic rings. The van der Waals surface area contributed by atoms with Crippen molar-refractivity contribution >= 4 is 51.2 Å². The lowest BCUT2D eigenvalue weighted by molar-refractivity contribution is 0.563. The number of rotatable bonds is 3. The van der Waals surface area contributed by atoms with Crippen molar-refractivity contribution in [2.45, 2.75) is 6.54 Å². The Labute approximate surface area is 166 Å². The average Bonchev–Trinajstić information content (AvgIpc) is 3.31. The van der Waals surface area contributed by atoms with Crippen molar-refractivity contribution in [3.8, 4) is 0 Å². The van der Waals surface area contributed by atoms with Gasteiger partial charge >= 0.3 is 0 Å². The monoisotopic (exact) mass is 395 g/mol. The van der Waals surface area contributed by atoms with Gasteiger partial charge in [0.05, 0.1) is 53.0 Å². The fourth-order valence-electron chi connectivity index (χ4n) is 3.58. The maximum atomic E-state index is 6.53. The van der Waals surface area contributed by atoms with Gasteiger partial charge in [-0.1, -0.05) is 35.3 Å². The highest BCUT2D eigenvalue weighted by Gasteiger charge is 2.30. The van der Waals surface area contributed by atoms with Crippen LogP contribution < -0.4 is 9.80 Å². The summed E-state index contributed by atoms with van der Waals surface area (Å²) in [5.74, 6) is 0. The summed E-state index contributed by atoms with van der Waals surface area (Å²) < 4.78 is 5.23. The van der Waals surface area contributed by atoms with Crippen LogP contribution in [0.1, 0.15) is 5.56 Å². The normalized spacial score (nSPS) is 13.4. The second-order valence-corrected chi connectivity index (χ2v) is 7.35. The molecular weight excluding hydrogens is 381 g/mol. The molecule has 3 heterocycles. The largest absolute Gasteiger partial charge is 0.472 e. The number of para-hydroxylation sites is 1. The van der Waals surface area contributed by atoms with Gasteiger partial charge in [0.1, 0.15) is 0 Å². The molecule has 4 aromatic rings. The van der Waals surface area contributed by atoms with Gasteiger partial charge in [0, 0.05) is 22.5 Å². The standard InChI is InChI=1S/C21H15Cl2N3O/c22-15-5-6-18-16(9-15)21-20(10-24-18)25(11-14-7-8-27-12-14)13-26(21)19-4-2-1-3-17(19)23/h1-10,12H,11,13H2. The molecule has 0 unspecified atom stereocenters. The number of hydrogen-bond donors (Lipinski definition) is 0. The van der Waals surface area contributed by atoms with E-state index in [4.69, 9.17) is 27.6 Å². The highest BCUT2D eigenvalue weighted by atomic mass is 35.5.